The molecule has 0 fully saturated rings. The first-order chi connectivity index (χ1) is 8.11. The van der Waals surface area contributed by atoms with Gasteiger partial charge in [0.15, 0.2) is 0 Å². The van der Waals surface area contributed by atoms with Crippen LogP contribution < -0.4 is 9.47 Å². The lowest BCUT2D eigenvalue weighted by atomic mass is 10.2. The van der Waals surface area contributed by atoms with Crippen molar-refractivity contribution in [3.8, 4) is 11.5 Å². The van der Waals surface area contributed by atoms with E-state index in [0.717, 1.165) is 24.5 Å². The molecule has 1 aromatic carbocycles. The minimum absolute atomic E-state index is 0.0115. The van der Waals surface area contributed by atoms with Crippen LogP contribution in [0.3, 0.4) is 0 Å². The van der Waals surface area contributed by atoms with Crippen molar-refractivity contribution in [1.29, 1.82) is 0 Å². The normalized spacial score (nSPS) is 14.1. The molecule has 1 N–H and O–H groups in total. The number of aliphatic hydroxyl groups excluding tert-OH is 1. The van der Waals surface area contributed by atoms with Gasteiger partial charge in [0.05, 0.1) is 18.8 Å². The molecule has 17 heavy (non-hydrogen) atoms. The van der Waals surface area contributed by atoms with Gasteiger partial charge in [-0.05, 0) is 44.5 Å². The third-order valence-electron chi connectivity index (χ3n) is 2.31. The van der Waals surface area contributed by atoms with E-state index in [1.165, 1.54) is 0 Å². The van der Waals surface area contributed by atoms with Crippen LogP contribution in [0, 0.1) is 0 Å². The van der Waals surface area contributed by atoms with Crippen molar-refractivity contribution in [2.24, 2.45) is 0 Å². The van der Waals surface area contributed by atoms with Crippen molar-refractivity contribution in [2.75, 3.05) is 6.61 Å². The molecule has 2 unspecified atom stereocenters. The summed E-state index contributed by atoms with van der Waals surface area (Å²) < 4.78 is 11.2. The predicted octanol–water partition coefficient (Wildman–Crippen LogP) is 3.01. The van der Waals surface area contributed by atoms with Crippen molar-refractivity contribution in [3.05, 3.63) is 24.3 Å². The zero-order valence-electron chi connectivity index (χ0n) is 10.8. The van der Waals surface area contributed by atoms with Gasteiger partial charge in [-0.3, -0.25) is 0 Å². The monoisotopic (exact) mass is 238 g/mol. The maximum absolute atomic E-state index is 9.24. The molecule has 96 valence electrons. The summed E-state index contributed by atoms with van der Waals surface area (Å²) >= 11 is 0. The molecule has 0 aliphatic carbocycles. The number of aliphatic hydroxyl groups is 1. The molecule has 1 rings (SSSR count). The Labute approximate surface area is 103 Å². The van der Waals surface area contributed by atoms with E-state index in [0.29, 0.717) is 6.42 Å². The average Bonchev–Trinajstić information content (AvgIpc) is 2.27. The van der Waals surface area contributed by atoms with Gasteiger partial charge in [0, 0.05) is 6.42 Å². The van der Waals surface area contributed by atoms with Crippen molar-refractivity contribution < 1.29 is 14.6 Å². The summed E-state index contributed by atoms with van der Waals surface area (Å²) in [4.78, 5) is 0. The molecule has 0 aliphatic rings. The van der Waals surface area contributed by atoms with Crippen LogP contribution in [0.5, 0.6) is 11.5 Å². The number of hydrogen-bond acceptors (Lipinski definition) is 3. The molecule has 0 spiro atoms. The van der Waals surface area contributed by atoms with Gasteiger partial charge in [0.1, 0.15) is 11.5 Å². The molecule has 0 radical (unpaired) electrons. The van der Waals surface area contributed by atoms with E-state index < -0.39 is 0 Å². The number of rotatable bonds is 7. The van der Waals surface area contributed by atoms with Gasteiger partial charge in [-0.15, -0.1) is 0 Å². The first-order valence-electron chi connectivity index (χ1n) is 6.19. The molecular formula is C14H22O3. The van der Waals surface area contributed by atoms with Gasteiger partial charge in [0.25, 0.3) is 0 Å². The molecule has 3 nitrogen and oxygen atoms in total. The molecule has 0 aromatic heterocycles. The highest BCUT2D eigenvalue weighted by atomic mass is 16.5. The summed E-state index contributed by atoms with van der Waals surface area (Å²) in [6.07, 6.45) is 1.31. The Morgan fingerprint density at radius 1 is 1.12 bits per heavy atom. The maximum Gasteiger partial charge on any atom is 0.119 e. The van der Waals surface area contributed by atoms with E-state index in [1.807, 2.05) is 31.2 Å². The van der Waals surface area contributed by atoms with Gasteiger partial charge < -0.3 is 14.6 Å². The van der Waals surface area contributed by atoms with Gasteiger partial charge in [-0.25, -0.2) is 0 Å². The summed E-state index contributed by atoms with van der Waals surface area (Å²) in [5, 5.41) is 9.24. The Morgan fingerprint density at radius 3 is 2.24 bits per heavy atom. The van der Waals surface area contributed by atoms with Crippen LogP contribution in [0.25, 0.3) is 0 Å². The first kappa shape index (κ1) is 13.8. The zero-order chi connectivity index (χ0) is 12.7. The highest BCUT2D eigenvalue weighted by Crippen LogP contribution is 2.19. The molecule has 3 heteroatoms. The van der Waals surface area contributed by atoms with E-state index >= 15 is 0 Å². The number of hydrogen-bond donors (Lipinski definition) is 1. The van der Waals surface area contributed by atoms with Crippen LogP contribution >= 0.6 is 0 Å². The minimum atomic E-state index is -0.336. The predicted molar refractivity (Wildman–Crippen MR) is 68.6 cm³/mol. The molecule has 0 aliphatic heterocycles. The lowest BCUT2D eigenvalue weighted by molar-refractivity contribution is 0.115. The zero-order valence-corrected chi connectivity index (χ0v) is 10.8. The summed E-state index contributed by atoms with van der Waals surface area (Å²) in [7, 11) is 0. The Hall–Kier alpha value is -1.22. The van der Waals surface area contributed by atoms with Gasteiger partial charge >= 0.3 is 0 Å². The highest BCUT2D eigenvalue weighted by molar-refractivity contribution is 5.31. The lowest BCUT2D eigenvalue weighted by Crippen LogP contribution is -2.18. The van der Waals surface area contributed by atoms with Crippen LogP contribution in [-0.2, 0) is 0 Å². The number of ether oxygens (including phenoxy) is 2. The lowest BCUT2D eigenvalue weighted by Gasteiger charge is -2.16. The quantitative estimate of drug-likeness (QED) is 0.793. The smallest absolute Gasteiger partial charge is 0.119 e. The largest absolute Gasteiger partial charge is 0.494 e. The third kappa shape index (κ3) is 5.59. The van der Waals surface area contributed by atoms with E-state index in [2.05, 4.69) is 6.92 Å². The van der Waals surface area contributed by atoms with E-state index in [1.54, 1.807) is 6.92 Å². The fraction of sp³-hybridized carbons (Fsp3) is 0.571. The van der Waals surface area contributed by atoms with E-state index in [-0.39, 0.29) is 12.2 Å². The average molecular weight is 238 g/mol. The second-order valence-electron chi connectivity index (χ2n) is 4.33. The van der Waals surface area contributed by atoms with Crippen LogP contribution in [0.15, 0.2) is 24.3 Å². The molecule has 0 saturated carbocycles. The van der Waals surface area contributed by atoms with Crippen LogP contribution in [0.2, 0.25) is 0 Å². The third-order valence-corrected chi connectivity index (χ3v) is 2.31. The first-order valence-corrected chi connectivity index (χ1v) is 6.19. The molecule has 0 bridgehead atoms. The van der Waals surface area contributed by atoms with Crippen molar-refractivity contribution in [2.45, 2.75) is 45.8 Å². The molecule has 0 heterocycles. The fourth-order valence-corrected chi connectivity index (χ4v) is 1.60. The molecule has 2 atom stereocenters. The second-order valence-corrected chi connectivity index (χ2v) is 4.33. The number of benzene rings is 1. The molecule has 0 saturated heterocycles. The second kappa shape index (κ2) is 7.17. The Kier molecular flexibility index (Phi) is 5.84. The highest BCUT2D eigenvalue weighted by Gasteiger charge is 2.07. The minimum Gasteiger partial charge on any atom is -0.494 e. The molecular weight excluding hydrogens is 216 g/mol. The molecule has 1 aromatic rings. The summed E-state index contributed by atoms with van der Waals surface area (Å²) in [5.41, 5.74) is 0. The Balaban J connectivity index is 2.44. The van der Waals surface area contributed by atoms with Gasteiger partial charge in [0.2, 0.25) is 0 Å². The SMILES string of the molecule is CCCOc1ccc(OC(C)CC(C)O)cc1. The van der Waals surface area contributed by atoms with Crippen molar-refractivity contribution in [1.82, 2.24) is 0 Å². The van der Waals surface area contributed by atoms with E-state index in [4.69, 9.17) is 9.47 Å². The fourth-order valence-electron chi connectivity index (χ4n) is 1.60. The molecule has 0 amide bonds. The Bertz CT molecular complexity index is 306. The van der Waals surface area contributed by atoms with Crippen LogP contribution in [0.1, 0.15) is 33.6 Å². The summed E-state index contributed by atoms with van der Waals surface area (Å²) in [6, 6.07) is 7.59. The van der Waals surface area contributed by atoms with Crippen molar-refractivity contribution >= 4 is 0 Å². The van der Waals surface area contributed by atoms with E-state index in [9.17, 15) is 5.11 Å². The summed E-state index contributed by atoms with van der Waals surface area (Å²) in [6.45, 7) is 6.53. The van der Waals surface area contributed by atoms with Crippen LogP contribution in [0.4, 0.5) is 0 Å². The van der Waals surface area contributed by atoms with Gasteiger partial charge in [-0.2, -0.15) is 0 Å². The van der Waals surface area contributed by atoms with Gasteiger partial charge in [-0.1, -0.05) is 6.92 Å². The van der Waals surface area contributed by atoms with Crippen molar-refractivity contribution in [3.63, 3.8) is 0 Å². The maximum atomic E-state index is 9.24. The standard InChI is InChI=1S/C14H22O3/c1-4-9-16-13-5-7-14(8-6-13)17-12(3)10-11(2)15/h5-8,11-12,15H,4,9-10H2,1-3H3. The Morgan fingerprint density at radius 2 is 1.71 bits per heavy atom. The summed E-state index contributed by atoms with van der Waals surface area (Å²) in [5.74, 6) is 1.67. The van der Waals surface area contributed by atoms with Crippen LogP contribution in [-0.4, -0.2) is 23.9 Å². The topological polar surface area (TPSA) is 38.7 Å².